The molecule has 0 unspecified atom stereocenters. The number of aromatic nitrogens is 1. The van der Waals surface area contributed by atoms with Crippen LogP contribution in [0.5, 0.6) is 0 Å². The fraction of sp³-hybridized carbons (Fsp3) is 0.800. The summed E-state index contributed by atoms with van der Waals surface area (Å²) >= 11 is 1.74. The van der Waals surface area contributed by atoms with Crippen molar-refractivity contribution in [2.24, 2.45) is 5.92 Å². The van der Waals surface area contributed by atoms with Crippen molar-refractivity contribution in [1.29, 1.82) is 0 Å². The van der Waals surface area contributed by atoms with E-state index in [0.29, 0.717) is 0 Å². The van der Waals surface area contributed by atoms with Gasteiger partial charge in [-0.15, -0.1) is 11.3 Å². The molecule has 0 saturated heterocycles. The summed E-state index contributed by atoms with van der Waals surface area (Å²) in [6.07, 6.45) is 5.50. The predicted molar refractivity (Wildman–Crippen MR) is 82.6 cm³/mol. The topological polar surface area (TPSA) is 28.2 Å². The Bertz CT molecular complexity index is 369. The molecule has 0 amide bonds. The Hall–Kier alpha value is -0.450. The monoisotopic (exact) mass is 281 g/mol. The van der Waals surface area contributed by atoms with Gasteiger partial charge in [-0.05, 0) is 45.6 Å². The summed E-state index contributed by atoms with van der Waals surface area (Å²) in [4.78, 5) is 6.87. The molecule has 0 spiro atoms. The van der Waals surface area contributed by atoms with Gasteiger partial charge in [-0.2, -0.15) is 0 Å². The zero-order valence-corrected chi connectivity index (χ0v) is 13.3. The van der Waals surface area contributed by atoms with Crippen LogP contribution >= 0.6 is 11.3 Å². The zero-order valence-electron chi connectivity index (χ0n) is 12.5. The molecule has 1 aliphatic rings. The van der Waals surface area contributed by atoms with Gasteiger partial charge >= 0.3 is 0 Å². The molecular weight excluding hydrogens is 254 g/mol. The highest BCUT2D eigenvalue weighted by atomic mass is 32.1. The van der Waals surface area contributed by atoms with Crippen LogP contribution in [0.3, 0.4) is 0 Å². The number of hydrogen-bond acceptors (Lipinski definition) is 4. The number of hydrogen-bond donors (Lipinski definition) is 1. The van der Waals surface area contributed by atoms with Gasteiger partial charge in [0.15, 0.2) is 0 Å². The number of nitrogens with one attached hydrogen (secondary N) is 1. The van der Waals surface area contributed by atoms with Crippen LogP contribution in [0.25, 0.3) is 0 Å². The lowest BCUT2D eigenvalue weighted by Crippen LogP contribution is -2.37. The van der Waals surface area contributed by atoms with Crippen LogP contribution in [0.2, 0.25) is 0 Å². The smallest absolute Gasteiger partial charge is 0.0897 e. The highest BCUT2D eigenvalue weighted by Crippen LogP contribution is 2.23. The molecule has 1 aromatic heterocycles. The Morgan fingerprint density at radius 3 is 2.74 bits per heavy atom. The summed E-state index contributed by atoms with van der Waals surface area (Å²) in [7, 11) is 2.18. The lowest BCUT2D eigenvalue weighted by atomic mass is 9.87. The van der Waals surface area contributed by atoms with Crippen LogP contribution in [-0.2, 0) is 6.54 Å². The van der Waals surface area contributed by atoms with Gasteiger partial charge in [0.1, 0.15) is 0 Å². The lowest BCUT2D eigenvalue weighted by molar-refractivity contribution is 0.278. The molecule has 0 radical (unpaired) electrons. The maximum absolute atomic E-state index is 4.51. The minimum atomic E-state index is 0.756. The average molecular weight is 281 g/mol. The third kappa shape index (κ3) is 5.21. The maximum atomic E-state index is 4.51. The number of likely N-dealkylation sites (N-methyl/N-ethyl adjacent to an activating group) is 1. The summed E-state index contributed by atoms with van der Waals surface area (Å²) in [5, 5.41) is 7.04. The normalized spacial score (nSPS) is 24.0. The Balaban J connectivity index is 1.60. The molecule has 1 aliphatic carbocycles. The molecule has 108 valence electrons. The highest BCUT2D eigenvalue weighted by Gasteiger charge is 2.17. The fourth-order valence-electron chi connectivity index (χ4n) is 2.76. The van der Waals surface area contributed by atoms with E-state index in [1.54, 1.807) is 11.3 Å². The van der Waals surface area contributed by atoms with Crippen molar-refractivity contribution in [2.75, 3.05) is 20.1 Å². The molecule has 1 aromatic rings. The largest absolute Gasteiger partial charge is 0.313 e. The van der Waals surface area contributed by atoms with Crippen LogP contribution in [0, 0.1) is 12.8 Å². The van der Waals surface area contributed by atoms with Crippen LogP contribution < -0.4 is 5.32 Å². The molecule has 1 N–H and O–H groups in total. The van der Waals surface area contributed by atoms with Crippen LogP contribution in [0.1, 0.15) is 43.3 Å². The Morgan fingerprint density at radius 1 is 1.37 bits per heavy atom. The molecule has 3 nitrogen and oxygen atoms in total. The molecule has 0 aromatic carbocycles. The Kier molecular flexibility index (Phi) is 5.79. The maximum Gasteiger partial charge on any atom is 0.0897 e. The molecule has 19 heavy (non-hydrogen) atoms. The third-order valence-corrected chi connectivity index (χ3v) is 4.86. The van der Waals surface area contributed by atoms with Gasteiger partial charge in [0.25, 0.3) is 0 Å². The molecule has 4 heteroatoms. The van der Waals surface area contributed by atoms with Crippen molar-refractivity contribution in [2.45, 2.75) is 52.1 Å². The van der Waals surface area contributed by atoms with Gasteiger partial charge in [-0.25, -0.2) is 4.98 Å². The van der Waals surface area contributed by atoms with Crippen LogP contribution in [0.15, 0.2) is 5.38 Å². The summed E-state index contributed by atoms with van der Waals surface area (Å²) in [5.41, 5.74) is 1.21. The second kappa shape index (κ2) is 7.36. The molecule has 1 heterocycles. The quantitative estimate of drug-likeness (QED) is 0.868. The molecule has 1 fully saturated rings. The second-order valence-electron chi connectivity index (χ2n) is 6.01. The summed E-state index contributed by atoms with van der Waals surface area (Å²) in [5.74, 6) is 0.939. The minimum Gasteiger partial charge on any atom is -0.313 e. The highest BCUT2D eigenvalue weighted by molar-refractivity contribution is 7.09. The lowest BCUT2D eigenvalue weighted by Gasteiger charge is -2.27. The van der Waals surface area contributed by atoms with Crippen molar-refractivity contribution in [1.82, 2.24) is 15.2 Å². The molecule has 1 saturated carbocycles. The van der Waals surface area contributed by atoms with Gasteiger partial charge in [0.05, 0.1) is 10.7 Å². The van der Waals surface area contributed by atoms with Gasteiger partial charge in [0.2, 0.25) is 0 Å². The Labute approximate surface area is 121 Å². The van der Waals surface area contributed by atoms with E-state index in [9.17, 15) is 0 Å². The molecular formula is C15H27N3S. The average Bonchev–Trinajstić information content (AvgIpc) is 2.77. The molecule has 0 aliphatic heterocycles. The third-order valence-electron chi connectivity index (χ3n) is 4.04. The molecule has 2 rings (SSSR count). The summed E-state index contributed by atoms with van der Waals surface area (Å²) in [6, 6.07) is 0.756. The van der Waals surface area contributed by atoms with Crippen molar-refractivity contribution in [3.8, 4) is 0 Å². The first kappa shape index (κ1) is 14.9. The van der Waals surface area contributed by atoms with Gasteiger partial charge < -0.3 is 5.32 Å². The van der Waals surface area contributed by atoms with Crippen molar-refractivity contribution >= 4 is 11.3 Å². The van der Waals surface area contributed by atoms with Crippen LogP contribution in [-0.4, -0.2) is 36.1 Å². The summed E-state index contributed by atoms with van der Waals surface area (Å²) in [6.45, 7) is 7.61. The van der Waals surface area contributed by atoms with Crippen molar-refractivity contribution < 1.29 is 0 Å². The summed E-state index contributed by atoms with van der Waals surface area (Å²) < 4.78 is 0. The van der Waals surface area contributed by atoms with E-state index in [1.165, 1.54) is 31.4 Å². The first-order chi connectivity index (χ1) is 9.13. The number of nitrogens with zero attached hydrogens (tertiary/aromatic N) is 2. The number of rotatable bonds is 6. The SMILES string of the molecule is Cc1nc(CN(C)CCNC2CCC(C)CC2)cs1. The van der Waals surface area contributed by atoms with E-state index in [4.69, 9.17) is 0 Å². The van der Waals surface area contributed by atoms with E-state index in [-0.39, 0.29) is 0 Å². The molecule has 0 bridgehead atoms. The minimum absolute atomic E-state index is 0.756. The van der Waals surface area contributed by atoms with Gasteiger partial charge in [0, 0.05) is 31.1 Å². The predicted octanol–water partition coefficient (Wildman–Crippen LogP) is 3.05. The van der Waals surface area contributed by atoms with Gasteiger partial charge in [-0.1, -0.05) is 6.92 Å². The van der Waals surface area contributed by atoms with Crippen LogP contribution in [0.4, 0.5) is 0 Å². The van der Waals surface area contributed by atoms with Crippen molar-refractivity contribution in [3.63, 3.8) is 0 Å². The first-order valence-corrected chi connectivity index (χ1v) is 8.34. The second-order valence-corrected chi connectivity index (χ2v) is 7.07. The number of aryl methyl sites for hydroxylation is 1. The molecule has 0 atom stereocenters. The zero-order chi connectivity index (χ0) is 13.7. The van der Waals surface area contributed by atoms with E-state index < -0.39 is 0 Å². The number of thiazole rings is 1. The fourth-order valence-corrected chi connectivity index (χ4v) is 3.36. The van der Waals surface area contributed by atoms with Crippen molar-refractivity contribution in [3.05, 3.63) is 16.1 Å². The van der Waals surface area contributed by atoms with E-state index in [0.717, 1.165) is 36.6 Å². The first-order valence-electron chi connectivity index (χ1n) is 7.46. The van der Waals surface area contributed by atoms with E-state index >= 15 is 0 Å². The Morgan fingerprint density at radius 2 is 2.11 bits per heavy atom. The standard InChI is InChI=1S/C15H27N3S/c1-12-4-6-14(7-5-12)16-8-9-18(3)10-15-11-19-13(2)17-15/h11-12,14,16H,4-10H2,1-3H3. The van der Waals surface area contributed by atoms with E-state index in [1.807, 2.05) is 0 Å². The van der Waals surface area contributed by atoms with Gasteiger partial charge in [-0.3, -0.25) is 4.90 Å². The van der Waals surface area contributed by atoms with E-state index in [2.05, 4.69) is 41.5 Å².